The van der Waals surface area contributed by atoms with Crippen molar-refractivity contribution in [2.75, 3.05) is 10.3 Å². The van der Waals surface area contributed by atoms with Crippen molar-refractivity contribution in [1.29, 1.82) is 0 Å². The molecule has 2 heterocycles. The first-order valence-electron chi connectivity index (χ1n) is 7.71. The fraction of sp³-hybridized carbons (Fsp3) is 0.0625. The van der Waals surface area contributed by atoms with E-state index in [0.29, 0.717) is 10.7 Å². The summed E-state index contributed by atoms with van der Waals surface area (Å²) < 4.78 is 0. The summed E-state index contributed by atoms with van der Waals surface area (Å²) in [4.78, 5) is 39.9. The summed E-state index contributed by atoms with van der Waals surface area (Å²) in [5.41, 5.74) is 2.78. The molecule has 1 fully saturated rings. The van der Waals surface area contributed by atoms with Crippen molar-refractivity contribution in [2.24, 2.45) is 11.0 Å². The van der Waals surface area contributed by atoms with Crippen LogP contribution in [0.15, 0.2) is 47.7 Å². The number of aromatic nitrogens is 1. The second kappa shape index (κ2) is 8.06. The van der Waals surface area contributed by atoms with Gasteiger partial charge in [-0.05, 0) is 42.5 Å². The molecule has 1 aromatic carbocycles. The number of benzene rings is 1. The predicted molar refractivity (Wildman–Crippen MR) is 106 cm³/mol. The van der Waals surface area contributed by atoms with Crippen LogP contribution in [0.1, 0.15) is 0 Å². The van der Waals surface area contributed by atoms with Gasteiger partial charge in [0, 0.05) is 17.3 Å². The molecule has 1 atom stereocenters. The molecule has 12 heteroatoms. The normalized spacial score (nSPS) is 17.0. The summed E-state index contributed by atoms with van der Waals surface area (Å²) in [5.74, 6) is -2.23. The number of hydrogen-bond acceptors (Lipinski definition) is 8. The Bertz CT molecular complexity index is 980. The third kappa shape index (κ3) is 4.10. The molecule has 0 radical (unpaired) electrons. The third-order valence-corrected chi connectivity index (χ3v) is 4.18. The molecule has 0 bridgehead atoms. The van der Waals surface area contributed by atoms with Crippen LogP contribution < -0.4 is 15.6 Å². The van der Waals surface area contributed by atoms with Gasteiger partial charge in [0.25, 0.3) is 11.6 Å². The first kappa shape index (κ1) is 19.3. The molecule has 10 nitrogen and oxygen atoms in total. The van der Waals surface area contributed by atoms with Gasteiger partial charge in [-0.25, -0.2) is 4.98 Å². The molecular weight excluding hydrogens is 408 g/mol. The van der Waals surface area contributed by atoms with Crippen LogP contribution in [0.5, 0.6) is 0 Å². The average molecular weight is 419 g/mol. The van der Waals surface area contributed by atoms with Gasteiger partial charge in [-0.3, -0.25) is 30.0 Å². The maximum atomic E-state index is 12.7. The van der Waals surface area contributed by atoms with E-state index in [1.54, 1.807) is 24.3 Å². The zero-order valence-corrected chi connectivity index (χ0v) is 15.5. The smallest absolute Gasteiger partial charge is 0.287 e. The molecule has 2 amide bonds. The number of carbonyl (C=O) groups is 2. The SMILES string of the molecule is O=C1NC(=S)N(c2ccc(Cl)cc2)C(=O)[C@H]1/C=N\Nc1ccc([N+](=O)[O-])cn1. The number of carbonyl (C=O) groups excluding carboxylic acids is 2. The highest BCUT2D eigenvalue weighted by Gasteiger charge is 2.38. The van der Waals surface area contributed by atoms with Gasteiger partial charge in [0.2, 0.25) is 5.91 Å². The molecule has 2 aromatic rings. The minimum atomic E-state index is -1.23. The van der Waals surface area contributed by atoms with Crippen LogP contribution in [-0.4, -0.2) is 33.0 Å². The Morgan fingerprint density at radius 2 is 2.00 bits per heavy atom. The Kier molecular flexibility index (Phi) is 5.57. The molecule has 142 valence electrons. The van der Waals surface area contributed by atoms with E-state index >= 15 is 0 Å². The topological polar surface area (TPSA) is 130 Å². The zero-order chi connectivity index (χ0) is 20.3. The van der Waals surface area contributed by atoms with Crippen LogP contribution in [0, 0.1) is 16.0 Å². The number of nitrogens with one attached hydrogen (secondary N) is 2. The highest BCUT2D eigenvalue weighted by Crippen LogP contribution is 2.22. The van der Waals surface area contributed by atoms with E-state index in [9.17, 15) is 19.7 Å². The van der Waals surface area contributed by atoms with E-state index < -0.39 is 22.7 Å². The third-order valence-electron chi connectivity index (χ3n) is 3.65. The van der Waals surface area contributed by atoms with Crippen LogP contribution in [0.4, 0.5) is 17.2 Å². The molecule has 1 aliphatic heterocycles. The van der Waals surface area contributed by atoms with Crippen molar-refractivity contribution < 1.29 is 14.5 Å². The highest BCUT2D eigenvalue weighted by atomic mass is 35.5. The predicted octanol–water partition coefficient (Wildman–Crippen LogP) is 2.10. The summed E-state index contributed by atoms with van der Waals surface area (Å²) >= 11 is 10.9. The van der Waals surface area contributed by atoms with Crippen LogP contribution in [0.2, 0.25) is 5.02 Å². The van der Waals surface area contributed by atoms with E-state index in [4.69, 9.17) is 23.8 Å². The highest BCUT2D eigenvalue weighted by molar-refractivity contribution is 7.80. The first-order chi connectivity index (χ1) is 13.4. The summed E-state index contributed by atoms with van der Waals surface area (Å²) in [6.07, 6.45) is 2.16. The first-order valence-corrected chi connectivity index (χ1v) is 8.49. The van der Waals surface area contributed by atoms with Gasteiger partial charge in [0.15, 0.2) is 11.0 Å². The molecule has 1 aliphatic rings. The van der Waals surface area contributed by atoms with Crippen LogP contribution in [0.25, 0.3) is 0 Å². The molecule has 1 saturated heterocycles. The number of nitro groups is 1. The Morgan fingerprint density at radius 1 is 1.29 bits per heavy atom. The van der Waals surface area contributed by atoms with Gasteiger partial charge in [0.1, 0.15) is 12.0 Å². The lowest BCUT2D eigenvalue weighted by Gasteiger charge is -2.30. The fourth-order valence-electron chi connectivity index (χ4n) is 2.29. The Morgan fingerprint density at radius 3 is 2.61 bits per heavy atom. The van der Waals surface area contributed by atoms with Crippen molar-refractivity contribution in [3.63, 3.8) is 0 Å². The van der Waals surface area contributed by atoms with Gasteiger partial charge in [-0.2, -0.15) is 5.10 Å². The standard InChI is InChI=1S/C16H11ClN6O4S/c17-9-1-3-10(4-2-9)22-15(25)12(14(24)20-16(22)28)8-19-21-13-6-5-11(7-18-13)23(26)27/h1-8,12H,(H,18,21)(H,20,24,28)/b19-8-/t12-/m0/s1. The van der Waals surface area contributed by atoms with Gasteiger partial charge < -0.3 is 5.32 Å². The minimum Gasteiger partial charge on any atom is -0.301 e. The van der Waals surface area contributed by atoms with E-state index in [1.165, 1.54) is 17.0 Å². The maximum Gasteiger partial charge on any atom is 0.287 e. The number of hydrogen-bond donors (Lipinski definition) is 2. The lowest BCUT2D eigenvalue weighted by atomic mass is 10.1. The van der Waals surface area contributed by atoms with E-state index in [2.05, 4.69) is 20.8 Å². The average Bonchev–Trinajstić information content (AvgIpc) is 2.66. The number of halogens is 1. The van der Waals surface area contributed by atoms with Gasteiger partial charge in [0.05, 0.1) is 10.6 Å². The number of rotatable bonds is 5. The van der Waals surface area contributed by atoms with Crippen molar-refractivity contribution in [3.8, 4) is 0 Å². The molecule has 0 unspecified atom stereocenters. The molecule has 2 N–H and O–H groups in total. The Hall–Kier alpha value is -3.44. The van der Waals surface area contributed by atoms with E-state index in [-0.39, 0.29) is 16.6 Å². The molecule has 1 aromatic heterocycles. The van der Waals surface area contributed by atoms with Crippen molar-refractivity contribution in [1.82, 2.24) is 10.3 Å². The van der Waals surface area contributed by atoms with Crippen LogP contribution in [-0.2, 0) is 9.59 Å². The second-order valence-electron chi connectivity index (χ2n) is 5.47. The van der Waals surface area contributed by atoms with Crippen LogP contribution in [0.3, 0.4) is 0 Å². The van der Waals surface area contributed by atoms with Gasteiger partial charge >= 0.3 is 0 Å². The molecule has 28 heavy (non-hydrogen) atoms. The summed E-state index contributed by atoms with van der Waals surface area (Å²) in [7, 11) is 0. The fourth-order valence-corrected chi connectivity index (χ4v) is 2.72. The zero-order valence-electron chi connectivity index (χ0n) is 13.9. The molecular formula is C16H11ClN6O4S. The maximum absolute atomic E-state index is 12.7. The van der Waals surface area contributed by atoms with Gasteiger partial charge in [-0.1, -0.05) is 11.6 Å². The summed E-state index contributed by atoms with van der Waals surface area (Å²) in [6.45, 7) is 0. The largest absolute Gasteiger partial charge is 0.301 e. The molecule has 0 spiro atoms. The molecule has 0 saturated carbocycles. The van der Waals surface area contributed by atoms with E-state index in [0.717, 1.165) is 12.4 Å². The number of amides is 2. The van der Waals surface area contributed by atoms with Crippen molar-refractivity contribution >= 4 is 64.2 Å². The number of thiocarbonyl (C=S) groups is 1. The Balaban J connectivity index is 1.74. The quantitative estimate of drug-likeness (QED) is 0.250. The summed E-state index contributed by atoms with van der Waals surface area (Å²) in [5, 5.41) is 17.3. The van der Waals surface area contributed by atoms with Gasteiger partial charge in [-0.15, -0.1) is 0 Å². The summed E-state index contributed by atoms with van der Waals surface area (Å²) in [6, 6.07) is 8.95. The molecule has 0 aliphatic carbocycles. The monoisotopic (exact) mass is 418 g/mol. The number of hydrazone groups is 1. The number of nitrogens with zero attached hydrogens (tertiary/aromatic N) is 4. The Labute approximate surface area is 168 Å². The van der Waals surface area contributed by atoms with Crippen molar-refractivity contribution in [2.45, 2.75) is 0 Å². The van der Waals surface area contributed by atoms with E-state index in [1.807, 2.05) is 0 Å². The minimum absolute atomic E-state index is 0.0491. The van der Waals surface area contributed by atoms with Crippen LogP contribution >= 0.6 is 23.8 Å². The lowest BCUT2D eigenvalue weighted by Crippen LogP contribution is -2.58. The second-order valence-corrected chi connectivity index (χ2v) is 6.29. The number of anilines is 2. The number of pyridine rings is 1. The molecule has 3 rings (SSSR count). The van der Waals surface area contributed by atoms with Crippen molar-refractivity contribution in [3.05, 3.63) is 57.7 Å². The lowest BCUT2D eigenvalue weighted by molar-refractivity contribution is -0.385.